The molecular formula is C16H23N3O2S. The number of anilines is 1. The zero-order chi connectivity index (χ0) is 15.8. The van der Waals surface area contributed by atoms with Crippen molar-refractivity contribution in [1.82, 2.24) is 10.2 Å². The highest BCUT2D eigenvalue weighted by Crippen LogP contribution is 2.19. The molecule has 0 aliphatic rings. The number of carbonyl (C=O) groups is 1. The molecule has 0 unspecified atom stereocenters. The second kappa shape index (κ2) is 8.68. The highest BCUT2D eigenvalue weighted by molar-refractivity contribution is 7.15. The van der Waals surface area contributed by atoms with Crippen molar-refractivity contribution >= 4 is 22.4 Å². The number of hydrogen-bond acceptors (Lipinski definition) is 5. The van der Waals surface area contributed by atoms with Crippen molar-refractivity contribution in [3.05, 3.63) is 28.7 Å². The molecule has 1 amide bonds. The summed E-state index contributed by atoms with van der Waals surface area (Å²) >= 11 is 1.45. The van der Waals surface area contributed by atoms with Crippen LogP contribution >= 0.6 is 11.3 Å². The van der Waals surface area contributed by atoms with Crippen LogP contribution in [0.15, 0.2) is 16.7 Å². The highest BCUT2D eigenvalue weighted by Gasteiger charge is 2.14. The van der Waals surface area contributed by atoms with Crippen molar-refractivity contribution in [2.45, 2.75) is 58.8 Å². The van der Waals surface area contributed by atoms with Gasteiger partial charge in [0.05, 0.1) is 11.8 Å². The molecule has 0 saturated carbocycles. The molecule has 0 saturated heterocycles. The van der Waals surface area contributed by atoms with Gasteiger partial charge in [-0.1, -0.05) is 50.4 Å². The monoisotopic (exact) mass is 321 g/mol. The third kappa shape index (κ3) is 4.94. The van der Waals surface area contributed by atoms with E-state index in [1.807, 2.05) is 0 Å². The minimum atomic E-state index is -0.200. The highest BCUT2D eigenvalue weighted by atomic mass is 32.1. The molecule has 0 aromatic carbocycles. The number of unbranched alkanes of at least 4 members (excludes halogenated alkanes) is 5. The lowest BCUT2D eigenvalue weighted by Crippen LogP contribution is -2.11. The first kappa shape index (κ1) is 16.7. The predicted molar refractivity (Wildman–Crippen MR) is 88.4 cm³/mol. The number of carbonyl (C=O) groups excluding carboxylic acids is 1. The second-order valence-corrected chi connectivity index (χ2v) is 6.43. The number of hydrogen-bond donors (Lipinski definition) is 1. The number of rotatable bonds is 9. The fourth-order valence-corrected chi connectivity index (χ4v) is 3.02. The molecule has 0 radical (unpaired) electrons. The Kier molecular flexibility index (Phi) is 6.58. The molecule has 0 spiro atoms. The van der Waals surface area contributed by atoms with Gasteiger partial charge in [-0.05, 0) is 19.4 Å². The van der Waals surface area contributed by atoms with E-state index in [1.165, 1.54) is 49.7 Å². The van der Waals surface area contributed by atoms with Gasteiger partial charge < -0.3 is 4.42 Å². The molecule has 0 bridgehead atoms. The van der Waals surface area contributed by atoms with Gasteiger partial charge in [-0.25, -0.2) is 0 Å². The van der Waals surface area contributed by atoms with Crippen LogP contribution in [0.2, 0.25) is 0 Å². The summed E-state index contributed by atoms with van der Waals surface area (Å²) in [5.74, 6) is 0.405. The van der Waals surface area contributed by atoms with Gasteiger partial charge in [-0.3, -0.25) is 10.1 Å². The lowest BCUT2D eigenvalue weighted by molar-refractivity contribution is 0.102. The first-order chi connectivity index (χ1) is 10.7. The average molecular weight is 321 g/mol. The van der Waals surface area contributed by atoms with Crippen LogP contribution < -0.4 is 5.32 Å². The number of aryl methyl sites for hydroxylation is 2. The summed E-state index contributed by atoms with van der Waals surface area (Å²) in [5, 5.41) is 12.5. The number of furan rings is 1. The van der Waals surface area contributed by atoms with E-state index in [9.17, 15) is 4.79 Å². The van der Waals surface area contributed by atoms with Crippen molar-refractivity contribution in [1.29, 1.82) is 0 Å². The topological polar surface area (TPSA) is 68.0 Å². The van der Waals surface area contributed by atoms with E-state index in [0.29, 0.717) is 16.5 Å². The van der Waals surface area contributed by atoms with Gasteiger partial charge in [0.15, 0.2) is 0 Å². The first-order valence-corrected chi connectivity index (χ1v) is 8.70. The SMILES string of the molecule is CCCCCCCCc1nnc(NC(=O)c2ccoc2C)s1. The van der Waals surface area contributed by atoms with E-state index >= 15 is 0 Å². The van der Waals surface area contributed by atoms with Crippen LogP contribution in [0.5, 0.6) is 0 Å². The summed E-state index contributed by atoms with van der Waals surface area (Å²) < 4.78 is 5.13. The van der Waals surface area contributed by atoms with Crippen LogP contribution in [0.4, 0.5) is 5.13 Å². The van der Waals surface area contributed by atoms with Gasteiger partial charge in [0.1, 0.15) is 10.8 Å². The smallest absolute Gasteiger partial charge is 0.261 e. The lowest BCUT2D eigenvalue weighted by Gasteiger charge is -1.99. The molecule has 0 aliphatic heterocycles. The van der Waals surface area contributed by atoms with Crippen LogP contribution in [0.3, 0.4) is 0 Å². The van der Waals surface area contributed by atoms with E-state index in [1.54, 1.807) is 13.0 Å². The maximum atomic E-state index is 12.0. The van der Waals surface area contributed by atoms with E-state index in [4.69, 9.17) is 4.42 Å². The van der Waals surface area contributed by atoms with Gasteiger partial charge in [0.2, 0.25) is 5.13 Å². The first-order valence-electron chi connectivity index (χ1n) is 7.88. The molecule has 0 atom stereocenters. The molecular weight excluding hydrogens is 298 g/mol. The maximum Gasteiger partial charge on any atom is 0.261 e. The molecule has 2 rings (SSSR count). The second-order valence-electron chi connectivity index (χ2n) is 5.36. The van der Waals surface area contributed by atoms with E-state index in [-0.39, 0.29) is 5.91 Å². The van der Waals surface area contributed by atoms with Crippen LogP contribution in [0.25, 0.3) is 0 Å². The van der Waals surface area contributed by atoms with Gasteiger partial charge in [0, 0.05) is 6.42 Å². The zero-order valence-corrected chi connectivity index (χ0v) is 14.0. The summed E-state index contributed by atoms with van der Waals surface area (Å²) in [6, 6.07) is 1.66. The number of aromatic nitrogens is 2. The minimum absolute atomic E-state index is 0.200. The summed E-state index contributed by atoms with van der Waals surface area (Å²) in [4.78, 5) is 12.0. The third-order valence-electron chi connectivity index (χ3n) is 3.53. The molecule has 0 aliphatic carbocycles. The molecule has 2 aromatic rings. The minimum Gasteiger partial charge on any atom is -0.469 e. The molecule has 22 heavy (non-hydrogen) atoms. The maximum absolute atomic E-state index is 12.0. The molecule has 1 N–H and O–H groups in total. The Hall–Kier alpha value is -1.69. The van der Waals surface area contributed by atoms with Gasteiger partial charge in [-0.2, -0.15) is 0 Å². The third-order valence-corrected chi connectivity index (χ3v) is 4.43. The number of amides is 1. The van der Waals surface area contributed by atoms with Gasteiger partial charge >= 0.3 is 0 Å². The van der Waals surface area contributed by atoms with Gasteiger partial charge in [-0.15, -0.1) is 10.2 Å². The molecule has 6 heteroatoms. The summed E-state index contributed by atoms with van der Waals surface area (Å²) in [6.07, 6.45) is 10.0. The lowest BCUT2D eigenvalue weighted by atomic mass is 10.1. The van der Waals surface area contributed by atoms with E-state index < -0.39 is 0 Å². The Balaban J connectivity index is 1.74. The van der Waals surface area contributed by atoms with Crippen LogP contribution in [-0.2, 0) is 6.42 Å². The van der Waals surface area contributed by atoms with E-state index in [0.717, 1.165) is 17.8 Å². The fraction of sp³-hybridized carbons (Fsp3) is 0.562. The predicted octanol–water partition coefficient (Wildman–Crippen LogP) is 4.59. The van der Waals surface area contributed by atoms with Crippen molar-refractivity contribution < 1.29 is 9.21 Å². The number of nitrogens with zero attached hydrogens (tertiary/aromatic N) is 2. The Morgan fingerprint density at radius 3 is 2.73 bits per heavy atom. The summed E-state index contributed by atoms with van der Waals surface area (Å²) in [6.45, 7) is 3.99. The Morgan fingerprint density at radius 2 is 2.00 bits per heavy atom. The van der Waals surface area contributed by atoms with E-state index in [2.05, 4.69) is 22.4 Å². The van der Waals surface area contributed by atoms with Crippen molar-refractivity contribution in [2.24, 2.45) is 0 Å². The van der Waals surface area contributed by atoms with Crippen molar-refractivity contribution in [3.8, 4) is 0 Å². The van der Waals surface area contributed by atoms with Crippen LogP contribution in [-0.4, -0.2) is 16.1 Å². The molecule has 2 aromatic heterocycles. The summed E-state index contributed by atoms with van der Waals surface area (Å²) in [5.41, 5.74) is 0.535. The van der Waals surface area contributed by atoms with Crippen molar-refractivity contribution in [2.75, 3.05) is 5.32 Å². The van der Waals surface area contributed by atoms with Crippen LogP contribution in [0, 0.1) is 6.92 Å². The zero-order valence-electron chi connectivity index (χ0n) is 13.2. The molecule has 5 nitrogen and oxygen atoms in total. The Morgan fingerprint density at radius 1 is 1.23 bits per heavy atom. The quantitative estimate of drug-likeness (QED) is 0.686. The normalized spacial score (nSPS) is 10.8. The molecule has 0 fully saturated rings. The Bertz CT molecular complexity index is 592. The van der Waals surface area contributed by atoms with Crippen LogP contribution in [0.1, 0.15) is 66.6 Å². The molecule has 120 valence electrons. The fourth-order valence-electron chi connectivity index (χ4n) is 2.25. The van der Waals surface area contributed by atoms with Crippen molar-refractivity contribution in [3.63, 3.8) is 0 Å². The average Bonchev–Trinajstić information content (AvgIpc) is 3.12. The molecule has 2 heterocycles. The standard InChI is InChI=1S/C16H23N3O2S/c1-3-4-5-6-7-8-9-14-18-19-16(22-14)17-15(20)13-10-11-21-12(13)2/h10-11H,3-9H2,1-2H3,(H,17,19,20). The largest absolute Gasteiger partial charge is 0.469 e. The summed E-state index contributed by atoms with van der Waals surface area (Å²) in [7, 11) is 0. The Labute approximate surface area is 135 Å². The number of nitrogens with one attached hydrogen (secondary N) is 1. The van der Waals surface area contributed by atoms with Gasteiger partial charge in [0.25, 0.3) is 5.91 Å².